The van der Waals surface area contributed by atoms with Crippen molar-refractivity contribution >= 4 is 5.69 Å². The van der Waals surface area contributed by atoms with Gasteiger partial charge >= 0.3 is 0 Å². The lowest BCUT2D eigenvalue weighted by atomic mass is 10.2. The molecule has 1 aliphatic heterocycles. The molecular weight excluding hydrogens is 230 g/mol. The van der Waals surface area contributed by atoms with E-state index in [1.54, 1.807) is 0 Å². The van der Waals surface area contributed by atoms with Gasteiger partial charge in [-0.3, -0.25) is 0 Å². The van der Waals surface area contributed by atoms with Crippen molar-refractivity contribution in [2.45, 2.75) is 32.0 Å². The van der Waals surface area contributed by atoms with E-state index in [0.717, 1.165) is 37.3 Å². The van der Waals surface area contributed by atoms with Crippen molar-refractivity contribution in [2.75, 3.05) is 25.6 Å². The second-order valence-corrected chi connectivity index (χ2v) is 4.44. The van der Waals surface area contributed by atoms with Gasteiger partial charge in [0.15, 0.2) is 6.29 Å². The highest BCUT2D eigenvalue weighted by Crippen LogP contribution is 2.15. The fourth-order valence-corrected chi connectivity index (χ4v) is 1.87. The van der Waals surface area contributed by atoms with Crippen LogP contribution in [0.25, 0.3) is 0 Å². The lowest BCUT2D eigenvalue weighted by Gasteiger charge is -2.22. The van der Waals surface area contributed by atoms with Crippen molar-refractivity contribution in [3.8, 4) is 5.75 Å². The van der Waals surface area contributed by atoms with E-state index < -0.39 is 0 Å². The number of nitrogens with two attached hydrogens (primary N) is 1. The van der Waals surface area contributed by atoms with Crippen LogP contribution in [0.5, 0.6) is 5.75 Å². The van der Waals surface area contributed by atoms with Crippen LogP contribution in [0.4, 0.5) is 5.69 Å². The highest BCUT2D eigenvalue weighted by molar-refractivity contribution is 5.41. The Morgan fingerprint density at radius 3 is 2.72 bits per heavy atom. The first-order chi connectivity index (χ1) is 8.84. The molecule has 2 N–H and O–H groups in total. The highest BCUT2D eigenvalue weighted by atomic mass is 16.7. The van der Waals surface area contributed by atoms with E-state index in [1.807, 2.05) is 24.3 Å². The Kier molecular flexibility index (Phi) is 5.30. The van der Waals surface area contributed by atoms with E-state index in [0.29, 0.717) is 13.2 Å². The van der Waals surface area contributed by atoms with Gasteiger partial charge in [-0.15, -0.1) is 0 Å². The van der Waals surface area contributed by atoms with Gasteiger partial charge in [0.1, 0.15) is 5.75 Å². The molecule has 0 spiro atoms. The quantitative estimate of drug-likeness (QED) is 0.623. The predicted octanol–water partition coefficient (Wildman–Crippen LogP) is 2.58. The van der Waals surface area contributed by atoms with Crippen molar-refractivity contribution in [1.82, 2.24) is 0 Å². The van der Waals surface area contributed by atoms with Crippen LogP contribution in [-0.2, 0) is 9.47 Å². The molecule has 1 aliphatic rings. The van der Waals surface area contributed by atoms with Crippen LogP contribution in [0.15, 0.2) is 24.3 Å². The van der Waals surface area contributed by atoms with Crippen LogP contribution in [0.3, 0.4) is 0 Å². The molecule has 1 fully saturated rings. The molecule has 0 aromatic heterocycles. The summed E-state index contributed by atoms with van der Waals surface area (Å²) in [5, 5.41) is 0. The Labute approximate surface area is 108 Å². The summed E-state index contributed by atoms with van der Waals surface area (Å²) >= 11 is 0. The van der Waals surface area contributed by atoms with Crippen LogP contribution in [-0.4, -0.2) is 26.1 Å². The van der Waals surface area contributed by atoms with Crippen molar-refractivity contribution < 1.29 is 14.2 Å². The molecule has 1 heterocycles. The molecule has 1 aromatic rings. The van der Waals surface area contributed by atoms with E-state index in [1.165, 1.54) is 6.42 Å². The maximum atomic E-state index is 5.62. The summed E-state index contributed by atoms with van der Waals surface area (Å²) in [6, 6.07) is 7.42. The third-order valence-electron chi connectivity index (χ3n) is 2.88. The van der Waals surface area contributed by atoms with Crippen molar-refractivity contribution in [1.29, 1.82) is 0 Å². The first kappa shape index (κ1) is 13.2. The first-order valence-corrected chi connectivity index (χ1v) is 6.56. The number of rotatable bonds is 6. The second-order valence-electron chi connectivity index (χ2n) is 4.44. The summed E-state index contributed by atoms with van der Waals surface area (Å²) < 4.78 is 16.7. The van der Waals surface area contributed by atoms with Crippen LogP contribution < -0.4 is 10.5 Å². The predicted molar refractivity (Wildman–Crippen MR) is 70.5 cm³/mol. The number of nitrogen functional groups attached to an aromatic ring is 1. The normalized spacial score (nSPS) is 19.7. The van der Waals surface area contributed by atoms with E-state index in [9.17, 15) is 0 Å². The first-order valence-electron chi connectivity index (χ1n) is 6.56. The van der Waals surface area contributed by atoms with E-state index in [-0.39, 0.29) is 6.29 Å². The van der Waals surface area contributed by atoms with Gasteiger partial charge in [-0.2, -0.15) is 0 Å². The molecular formula is C14H21NO3. The molecule has 2 rings (SSSR count). The maximum Gasteiger partial charge on any atom is 0.157 e. The number of ether oxygens (including phenoxy) is 3. The van der Waals surface area contributed by atoms with Crippen LogP contribution in [0.1, 0.15) is 25.7 Å². The average molecular weight is 251 g/mol. The minimum atomic E-state index is -0.00438. The molecule has 100 valence electrons. The molecule has 1 unspecified atom stereocenters. The SMILES string of the molecule is Nc1ccc(OCCCOC2CCCCO2)cc1. The Morgan fingerprint density at radius 1 is 1.17 bits per heavy atom. The summed E-state index contributed by atoms with van der Waals surface area (Å²) in [5.74, 6) is 0.845. The molecule has 0 aliphatic carbocycles. The topological polar surface area (TPSA) is 53.7 Å². The minimum absolute atomic E-state index is 0.00438. The van der Waals surface area contributed by atoms with Gasteiger partial charge in [0, 0.05) is 18.7 Å². The summed E-state index contributed by atoms with van der Waals surface area (Å²) in [7, 11) is 0. The minimum Gasteiger partial charge on any atom is -0.494 e. The molecule has 18 heavy (non-hydrogen) atoms. The Hall–Kier alpha value is -1.26. The number of hydrogen-bond acceptors (Lipinski definition) is 4. The van der Waals surface area contributed by atoms with Crippen LogP contribution in [0.2, 0.25) is 0 Å². The number of anilines is 1. The lowest BCUT2D eigenvalue weighted by molar-refractivity contribution is -0.163. The van der Waals surface area contributed by atoms with Gasteiger partial charge < -0.3 is 19.9 Å². The molecule has 0 radical (unpaired) electrons. The average Bonchev–Trinajstić information content (AvgIpc) is 2.42. The third kappa shape index (κ3) is 4.55. The zero-order valence-electron chi connectivity index (χ0n) is 10.6. The van der Waals surface area contributed by atoms with Gasteiger partial charge in [-0.05, 0) is 43.5 Å². The molecule has 1 saturated heterocycles. The van der Waals surface area contributed by atoms with E-state index in [4.69, 9.17) is 19.9 Å². The standard InChI is InChI=1S/C14H21NO3/c15-12-5-7-13(8-6-12)16-10-3-11-18-14-4-1-2-9-17-14/h5-8,14H,1-4,9-11,15H2. The van der Waals surface area contributed by atoms with Gasteiger partial charge in [-0.1, -0.05) is 0 Å². The lowest BCUT2D eigenvalue weighted by Crippen LogP contribution is -2.23. The molecule has 1 atom stereocenters. The Balaban J connectivity index is 1.54. The fourth-order valence-electron chi connectivity index (χ4n) is 1.87. The van der Waals surface area contributed by atoms with Gasteiger partial charge in [-0.25, -0.2) is 0 Å². The van der Waals surface area contributed by atoms with Crippen molar-refractivity contribution in [3.05, 3.63) is 24.3 Å². The third-order valence-corrected chi connectivity index (χ3v) is 2.88. The summed E-state index contributed by atoms with van der Waals surface area (Å²) in [4.78, 5) is 0. The monoisotopic (exact) mass is 251 g/mol. The summed E-state index contributed by atoms with van der Waals surface area (Å²) in [6.45, 7) is 2.16. The van der Waals surface area contributed by atoms with Crippen molar-refractivity contribution in [2.24, 2.45) is 0 Å². The largest absolute Gasteiger partial charge is 0.494 e. The maximum absolute atomic E-state index is 5.62. The zero-order chi connectivity index (χ0) is 12.6. The summed E-state index contributed by atoms with van der Waals surface area (Å²) in [5.41, 5.74) is 6.35. The second kappa shape index (κ2) is 7.24. The fraction of sp³-hybridized carbons (Fsp3) is 0.571. The molecule has 0 amide bonds. The molecule has 0 saturated carbocycles. The van der Waals surface area contributed by atoms with Crippen LogP contribution >= 0.6 is 0 Å². The Morgan fingerprint density at radius 2 is 2.00 bits per heavy atom. The number of hydrogen-bond donors (Lipinski definition) is 1. The molecule has 1 aromatic carbocycles. The van der Waals surface area contributed by atoms with Crippen molar-refractivity contribution in [3.63, 3.8) is 0 Å². The smallest absolute Gasteiger partial charge is 0.157 e. The van der Waals surface area contributed by atoms with E-state index >= 15 is 0 Å². The zero-order valence-corrected chi connectivity index (χ0v) is 10.6. The number of benzene rings is 1. The molecule has 0 bridgehead atoms. The van der Waals surface area contributed by atoms with Gasteiger partial charge in [0.25, 0.3) is 0 Å². The van der Waals surface area contributed by atoms with Gasteiger partial charge in [0.05, 0.1) is 13.2 Å². The molecule has 4 nitrogen and oxygen atoms in total. The summed E-state index contributed by atoms with van der Waals surface area (Å²) in [6.07, 6.45) is 4.23. The Bertz CT molecular complexity index is 333. The van der Waals surface area contributed by atoms with E-state index in [2.05, 4.69) is 0 Å². The van der Waals surface area contributed by atoms with Gasteiger partial charge in [0.2, 0.25) is 0 Å². The highest BCUT2D eigenvalue weighted by Gasteiger charge is 2.13. The molecule has 4 heteroatoms. The van der Waals surface area contributed by atoms with Crippen LogP contribution in [0, 0.1) is 0 Å².